The Balaban J connectivity index is 1.94. The first-order chi connectivity index (χ1) is 5.24. The molecule has 0 unspecified atom stereocenters. The Kier molecular flexibility index (Phi) is 1.42. The quantitative estimate of drug-likeness (QED) is 0.538. The topological polar surface area (TPSA) is 32.3 Å². The molecular weight excluding hydrogens is 140 g/mol. The van der Waals surface area contributed by atoms with Gasteiger partial charge in [0.1, 0.15) is 0 Å². The number of carbonyl (C=O) groups is 1. The maximum atomic E-state index is 10.7. The van der Waals surface area contributed by atoms with E-state index in [0.717, 1.165) is 32.5 Å². The van der Waals surface area contributed by atoms with Crippen LogP contribution in [-0.4, -0.2) is 36.0 Å². The highest BCUT2D eigenvalue weighted by Crippen LogP contribution is 2.30. The normalized spacial score (nSPS) is 37.4. The van der Waals surface area contributed by atoms with Gasteiger partial charge in [-0.1, -0.05) is 6.92 Å². The molecule has 0 aromatic heterocycles. The Hall–Kier alpha value is -0.570. The zero-order valence-electron chi connectivity index (χ0n) is 6.89. The summed E-state index contributed by atoms with van der Waals surface area (Å²) in [5.74, 6) is 0.225. The zero-order valence-corrected chi connectivity index (χ0v) is 6.89. The molecule has 0 bridgehead atoms. The predicted molar refractivity (Wildman–Crippen MR) is 42.2 cm³/mol. The summed E-state index contributed by atoms with van der Waals surface area (Å²) in [5, 5.41) is 3.00. The van der Waals surface area contributed by atoms with E-state index >= 15 is 0 Å². The summed E-state index contributed by atoms with van der Waals surface area (Å²) < 4.78 is 0. The third-order valence-corrected chi connectivity index (χ3v) is 2.78. The summed E-state index contributed by atoms with van der Waals surface area (Å²) >= 11 is 0. The molecule has 11 heavy (non-hydrogen) atoms. The van der Waals surface area contributed by atoms with Crippen LogP contribution in [0.1, 0.15) is 19.8 Å². The molecule has 2 saturated heterocycles. The van der Waals surface area contributed by atoms with E-state index in [2.05, 4.69) is 17.1 Å². The molecule has 2 fully saturated rings. The maximum absolute atomic E-state index is 10.7. The summed E-state index contributed by atoms with van der Waals surface area (Å²) in [7, 11) is 0. The van der Waals surface area contributed by atoms with Crippen LogP contribution in [0.5, 0.6) is 0 Å². The fourth-order valence-corrected chi connectivity index (χ4v) is 2.06. The molecule has 2 rings (SSSR count). The van der Waals surface area contributed by atoms with Crippen molar-refractivity contribution in [1.29, 1.82) is 0 Å². The summed E-state index contributed by atoms with van der Waals surface area (Å²) in [6.07, 6.45) is 1.90. The molecule has 62 valence electrons. The molecule has 2 aliphatic rings. The van der Waals surface area contributed by atoms with E-state index < -0.39 is 0 Å². The number of rotatable bonds is 1. The van der Waals surface area contributed by atoms with E-state index in [4.69, 9.17) is 0 Å². The first kappa shape index (κ1) is 7.10. The van der Waals surface area contributed by atoms with Gasteiger partial charge in [-0.25, -0.2) is 0 Å². The molecule has 0 aliphatic carbocycles. The number of nitrogens with zero attached hydrogens (tertiary/aromatic N) is 1. The average molecular weight is 154 g/mol. The standard InChI is InChI=1S/C8H14N2O/c1-2-10-4-3-8(6-10)5-7(11)9-8/h2-6H2,1H3,(H,9,11)/t8-/m1/s1. The van der Waals surface area contributed by atoms with Crippen molar-refractivity contribution in [3.05, 3.63) is 0 Å². The summed E-state index contributed by atoms with van der Waals surface area (Å²) in [6, 6.07) is 0. The minimum absolute atomic E-state index is 0.188. The van der Waals surface area contributed by atoms with Gasteiger partial charge >= 0.3 is 0 Å². The molecule has 1 amide bonds. The number of hydrogen-bond acceptors (Lipinski definition) is 2. The molecule has 0 aromatic carbocycles. The van der Waals surface area contributed by atoms with Crippen molar-refractivity contribution in [3.63, 3.8) is 0 Å². The van der Waals surface area contributed by atoms with Gasteiger partial charge in [-0.3, -0.25) is 4.79 Å². The molecule has 1 N–H and O–H groups in total. The Morgan fingerprint density at radius 3 is 2.91 bits per heavy atom. The highest BCUT2D eigenvalue weighted by molar-refractivity contribution is 5.85. The number of nitrogens with one attached hydrogen (secondary N) is 1. The molecule has 0 aromatic rings. The third kappa shape index (κ3) is 1.03. The lowest BCUT2D eigenvalue weighted by molar-refractivity contribution is -0.132. The molecule has 1 spiro atoms. The number of hydrogen-bond donors (Lipinski definition) is 1. The van der Waals surface area contributed by atoms with Gasteiger partial charge in [0.05, 0.1) is 12.0 Å². The maximum Gasteiger partial charge on any atom is 0.222 e. The smallest absolute Gasteiger partial charge is 0.222 e. The number of amides is 1. The van der Waals surface area contributed by atoms with Crippen LogP contribution in [0.3, 0.4) is 0 Å². The molecule has 0 radical (unpaired) electrons. The molecule has 2 aliphatic heterocycles. The number of β-lactam (4-membered cyclic amide) rings is 1. The van der Waals surface area contributed by atoms with Gasteiger partial charge in [-0.15, -0.1) is 0 Å². The SMILES string of the molecule is CCN1CC[C@@]2(CC(=O)N2)C1. The van der Waals surface area contributed by atoms with E-state index in [1.54, 1.807) is 0 Å². The van der Waals surface area contributed by atoms with Gasteiger partial charge in [-0.05, 0) is 13.0 Å². The van der Waals surface area contributed by atoms with Gasteiger partial charge < -0.3 is 10.2 Å². The summed E-state index contributed by atoms with van der Waals surface area (Å²) in [6.45, 7) is 5.49. The summed E-state index contributed by atoms with van der Waals surface area (Å²) in [4.78, 5) is 13.1. The van der Waals surface area contributed by atoms with E-state index in [9.17, 15) is 4.79 Å². The van der Waals surface area contributed by atoms with Crippen LogP contribution in [0.4, 0.5) is 0 Å². The van der Waals surface area contributed by atoms with E-state index in [1.165, 1.54) is 0 Å². The predicted octanol–water partition coefficient (Wildman–Crippen LogP) is -0.0293. The van der Waals surface area contributed by atoms with Gasteiger partial charge in [-0.2, -0.15) is 0 Å². The van der Waals surface area contributed by atoms with Crippen molar-refractivity contribution in [1.82, 2.24) is 10.2 Å². The van der Waals surface area contributed by atoms with E-state index in [-0.39, 0.29) is 11.4 Å². The monoisotopic (exact) mass is 154 g/mol. The highest BCUT2D eigenvalue weighted by atomic mass is 16.2. The van der Waals surface area contributed by atoms with Crippen LogP contribution in [0.2, 0.25) is 0 Å². The Morgan fingerprint density at radius 2 is 2.45 bits per heavy atom. The van der Waals surface area contributed by atoms with Crippen LogP contribution in [0.15, 0.2) is 0 Å². The zero-order chi connectivity index (χ0) is 7.90. The molecule has 0 saturated carbocycles. The van der Waals surface area contributed by atoms with Crippen molar-refractivity contribution < 1.29 is 4.79 Å². The fourth-order valence-electron chi connectivity index (χ4n) is 2.06. The van der Waals surface area contributed by atoms with Crippen LogP contribution >= 0.6 is 0 Å². The second-order valence-corrected chi connectivity index (χ2v) is 3.62. The lowest BCUT2D eigenvalue weighted by atomic mass is 9.86. The van der Waals surface area contributed by atoms with Gasteiger partial charge in [0, 0.05) is 13.1 Å². The van der Waals surface area contributed by atoms with Crippen molar-refractivity contribution in [2.45, 2.75) is 25.3 Å². The van der Waals surface area contributed by atoms with Gasteiger partial charge in [0.2, 0.25) is 5.91 Å². The minimum atomic E-state index is 0.188. The van der Waals surface area contributed by atoms with E-state index in [1.807, 2.05) is 0 Å². The second-order valence-electron chi connectivity index (χ2n) is 3.62. The molecule has 2 heterocycles. The second kappa shape index (κ2) is 2.21. The molecule has 3 heteroatoms. The number of carbonyl (C=O) groups excluding carboxylic acids is 1. The summed E-state index contributed by atoms with van der Waals surface area (Å²) in [5.41, 5.74) is 0.188. The first-order valence-electron chi connectivity index (χ1n) is 4.27. The highest BCUT2D eigenvalue weighted by Gasteiger charge is 2.46. The van der Waals surface area contributed by atoms with Crippen molar-refractivity contribution in [2.75, 3.05) is 19.6 Å². The van der Waals surface area contributed by atoms with Gasteiger partial charge in [0.15, 0.2) is 0 Å². The lowest BCUT2D eigenvalue weighted by Crippen LogP contribution is -2.62. The first-order valence-corrected chi connectivity index (χ1v) is 4.27. The molecule has 1 atom stereocenters. The van der Waals surface area contributed by atoms with Crippen molar-refractivity contribution >= 4 is 5.91 Å². The van der Waals surface area contributed by atoms with Crippen molar-refractivity contribution in [3.8, 4) is 0 Å². The van der Waals surface area contributed by atoms with Gasteiger partial charge in [0.25, 0.3) is 0 Å². The molecular formula is C8H14N2O. The Labute approximate surface area is 66.8 Å². The Morgan fingerprint density at radius 1 is 1.73 bits per heavy atom. The van der Waals surface area contributed by atoms with Crippen LogP contribution in [-0.2, 0) is 4.79 Å². The average Bonchev–Trinajstić information content (AvgIpc) is 2.31. The fraction of sp³-hybridized carbons (Fsp3) is 0.875. The van der Waals surface area contributed by atoms with Crippen LogP contribution in [0, 0.1) is 0 Å². The minimum Gasteiger partial charge on any atom is -0.349 e. The molecule has 3 nitrogen and oxygen atoms in total. The van der Waals surface area contributed by atoms with Crippen LogP contribution < -0.4 is 5.32 Å². The number of likely N-dealkylation sites (N-methyl/N-ethyl adjacent to an activating group) is 1. The van der Waals surface area contributed by atoms with Crippen molar-refractivity contribution in [2.24, 2.45) is 0 Å². The Bertz CT molecular complexity index is 183. The van der Waals surface area contributed by atoms with E-state index in [0.29, 0.717) is 0 Å². The third-order valence-electron chi connectivity index (χ3n) is 2.78. The lowest BCUT2D eigenvalue weighted by Gasteiger charge is -2.38. The number of likely N-dealkylation sites (tertiary alicyclic amines) is 1. The largest absolute Gasteiger partial charge is 0.349 e. The van der Waals surface area contributed by atoms with Crippen LogP contribution in [0.25, 0.3) is 0 Å².